The van der Waals surface area contributed by atoms with Crippen molar-refractivity contribution in [3.63, 3.8) is 0 Å². The summed E-state index contributed by atoms with van der Waals surface area (Å²) in [5, 5.41) is 10.0. The Morgan fingerprint density at radius 1 is 1.27 bits per heavy atom. The summed E-state index contributed by atoms with van der Waals surface area (Å²) in [5.74, 6) is 0.0233. The molecular formula is C21H25N3O2. The average Bonchev–Trinajstić information content (AvgIpc) is 3.03. The number of carboxylic acid groups (broad SMARTS) is 1. The molecule has 1 aliphatic heterocycles. The predicted molar refractivity (Wildman–Crippen MR) is 98.6 cm³/mol. The lowest BCUT2D eigenvalue weighted by Crippen LogP contribution is -2.42. The first-order chi connectivity index (χ1) is 12.6. The molecule has 5 heteroatoms. The van der Waals surface area contributed by atoms with E-state index in [0.29, 0.717) is 19.0 Å². The zero-order chi connectivity index (χ0) is 18.1. The average molecular weight is 351 g/mol. The maximum atomic E-state index is 12.2. The van der Waals surface area contributed by atoms with Crippen molar-refractivity contribution in [2.24, 2.45) is 11.3 Å². The molecule has 1 aliphatic carbocycles. The summed E-state index contributed by atoms with van der Waals surface area (Å²) in [4.78, 5) is 23.2. The van der Waals surface area contributed by atoms with Gasteiger partial charge in [-0.15, -0.1) is 0 Å². The van der Waals surface area contributed by atoms with Crippen molar-refractivity contribution >= 4 is 5.97 Å². The highest BCUT2D eigenvalue weighted by Gasteiger charge is 2.54. The molecule has 26 heavy (non-hydrogen) atoms. The van der Waals surface area contributed by atoms with Gasteiger partial charge >= 0.3 is 5.97 Å². The van der Waals surface area contributed by atoms with Crippen LogP contribution in [0.5, 0.6) is 0 Å². The van der Waals surface area contributed by atoms with E-state index >= 15 is 0 Å². The van der Waals surface area contributed by atoms with Crippen LogP contribution < -0.4 is 0 Å². The van der Waals surface area contributed by atoms with Crippen molar-refractivity contribution < 1.29 is 9.90 Å². The number of benzene rings is 1. The van der Waals surface area contributed by atoms with Crippen LogP contribution in [0, 0.1) is 18.3 Å². The number of aliphatic carboxylic acids is 1. The molecule has 0 spiro atoms. The SMILES string of the molecule is Cc1nccnc1CN1C[C@H]2C[C@H](c3ccccc3)CC[C@@]2(C(=O)O)C1. The lowest BCUT2D eigenvalue weighted by atomic mass is 9.64. The molecule has 1 N–H and O–H groups in total. The Balaban J connectivity index is 1.54. The molecule has 0 unspecified atom stereocenters. The molecule has 1 aromatic carbocycles. The Kier molecular flexibility index (Phi) is 4.49. The number of carboxylic acids is 1. The van der Waals surface area contributed by atoms with E-state index in [1.165, 1.54) is 5.56 Å². The third kappa shape index (κ3) is 3.01. The number of hydrogen-bond donors (Lipinski definition) is 1. The van der Waals surface area contributed by atoms with E-state index < -0.39 is 11.4 Å². The van der Waals surface area contributed by atoms with E-state index in [0.717, 1.165) is 37.2 Å². The number of carbonyl (C=O) groups is 1. The van der Waals surface area contributed by atoms with Crippen molar-refractivity contribution in [2.75, 3.05) is 13.1 Å². The van der Waals surface area contributed by atoms with Gasteiger partial charge in [0.1, 0.15) is 0 Å². The number of likely N-dealkylation sites (tertiary alicyclic amines) is 1. The maximum absolute atomic E-state index is 12.2. The molecule has 0 amide bonds. The number of aryl methyl sites for hydroxylation is 1. The highest BCUT2D eigenvalue weighted by atomic mass is 16.4. The first-order valence-corrected chi connectivity index (χ1v) is 9.36. The summed E-state index contributed by atoms with van der Waals surface area (Å²) < 4.78 is 0. The summed E-state index contributed by atoms with van der Waals surface area (Å²) in [7, 11) is 0. The molecule has 2 aliphatic rings. The zero-order valence-corrected chi connectivity index (χ0v) is 15.1. The van der Waals surface area contributed by atoms with E-state index in [4.69, 9.17) is 0 Å². The van der Waals surface area contributed by atoms with Gasteiger partial charge in [0.15, 0.2) is 0 Å². The Labute approximate surface area is 154 Å². The van der Waals surface area contributed by atoms with E-state index in [9.17, 15) is 9.90 Å². The van der Waals surface area contributed by atoms with Gasteiger partial charge < -0.3 is 5.11 Å². The fourth-order valence-electron chi connectivity index (χ4n) is 4.86. The monoisotopic (exact) mass is 351 g/mol. The Morgan fingerprint density at radius 2 is 2.04 bits per heavy atom. The lowest BCUT2D eigenvalue weighted by Gasteiger charge is -2.38. The molecule has 5 nitrogen and oxygen atoms in total. The number of fused-ring (bicyclic) bond motifs is 1. The molecule has 2 heterocycles. The minimum absolute atomic E-state index is 0.191. The first-order valence-electron chi connectivity index (χ1n) is 9.36. The van der Waals surface area contributed by atoms with Crippen LogP contribution in [-0.4, -0.2) is 39.0 Å². The second-order valence-corrected chi connectivity index (χ2v) is 7.80. The van der Waals surface area contributed by atoms with Gasteiger partial charge in [-0.1, -0.05) is 30.3 Å². The molecule has 2 aromatic rings. The van der Waals surface area contributed by atoms with Crippen molar-refractivity contribution in [3.05, 3.63) is 59.7 Å². The van der Waals surface area contributed by atoms with Crippen LogP contribution in [0.25, 0.3) is 0 Å². The van der Waals surface area contributed by atoms with Crippen LogP contribution >= 0.6 is 0 Å². The van der Waals surface area contributed by atoms with Gasteiger partial charge in [-0.2, -0.15) is 0 Å². The van der Waals surface area contributed by atoms with E-state index in [1.54, 1.807) is 12.4 Å². The number of aromatic nitrogens is 2. The molecule has 1 saturated heterocycles. The van der Waals surface area contributed by atoms with Crippen molar-refractivity contribution in [2.45, 2.75) is 38.6 Å². The van der Waals surface area contributed by atoms with Crippen LogP contribution in [0.2, 0.25) is 0 Å². The van der Waals surface area contributed by atoms with Gasteiger partial charge in [-0.25, -0.2) is 0 Å². The van der Waals surface area contributed by atoms with Crippen LogP contribution in [0.1, 0.15) is 42.1 Å². The molecule has 2 fully saturated rings. The summed E-state index contributed by atoms with van der Waals surface area (Å²) in [6, 6.07) is 10.5. The minimum atomic E-state index is -0.632. The summed E-state index contributed by atoms with van der Waals surface area (Å²) in [6.45, 7) is 4.08. The van der Waals surface area contributed by atoms with Crippen molar-refractivity contribution in [1.29, 1.82) is 0 Å². The van der Waals surface area contributed by atoms with Gasteiger partial charge in [-0.05, 0) is 43.6 Å². The van der Waals surface area contributed by atoms with Gasteiger partial charge in [0, 0.05) is 32.0 Å². The van der Waals surface area contributed by atoms with Gasteiger partial charge in [0.25, 0.3) is 0 Å². The normalized spacial score (nSPS) is 28.7. The highest BCUT2D eigenvalue weighted by molar-refractivity contribution is 5.76. The summed E-state index contributed by atoms with van der Waals surface area (Å²) >= 11 is 0. The number of rotatable bonds is 4. The zero-order valence-electron chi connectivity index (χ0n) is 15.1. The summed E-state index contributed by atoms with van der Waals surface area (Å²) in [5.41, 5.74) is 2.61. The molecule has 1 aromatic heterocycles. The van der Waals surface area contributed by atoms with Gasteiger partial charge in [-0.3, -0.25) is 19.7 Å². The van der Waals surface area contributed by atoms with Crippen LogP contribution in [0.15, 0.2) is 42.7 Å². The molecular weight excluding hydrogens is 326 g/mol. The predicted octanol–water partition coefficient (Wildman–Crippen LogP) is 3.26. The summed E-state index contributed by atoms with van der Waals surface area (Å²) in [6.07, 6.45) is 6.06. The van der Waals surface area contributed by atoms with Crippen molar-refractivity contribution in [3.8, 4) is 0 Å². The fourth-order valence-corrected chi connectivity index (χ4v) is 4.86. The van der Waals surface area contributed by atoms with Crippen LogP contribution in [0.4, 0.5) is 0 Å². The number of hydrogen-bond acceptors (Lipinski definition) is 4. The quantitative estimate of drug-likeness (QED) is 0.916. The molecule has 136 valence electrons. The van der Waals surface area contributed by atoms with E-state index in [2.05, 4.69) is 39.1 Å². The van der Waals surface area contributed by atoms with Crippen LogP contribution in [0.3, 0.4) is 0 Å². The smallest absolute Gasteiger partial charge is 0.311 e. The Bertz CT molecular complexity index is 795. The Hall–Kier alpha value is -2.27. The highest BCUT2D eigenvalue weighted by Crippen LogP contribution is 2.51. The lowest BCUT2D eigenvalue weighted by molar-refractivity contribution is -0.152. The Morgan fingerprint density at radius 3 is 2.77 bits per heavy atom. The van der Waals surface area contributed by atoms with Gasteiger partial charge in [0.2, 0.25) is 0 Å². The number of nitrogens with zero attached hydrogens (tertiary/aromatic N) is 3. The van der Waals surface area contributed by atoms with Crippen molar-refractivity contribution in [1.82, 2.24) is 14.9 Å². The molecule has 0 bridgehead atoms. The van der Waals surface area contributed by atoms with E-state index in [1.807, 2.05) is 13.0 Å². The molecule has 3 atom stereocenters. The first kappa shape index (κ1) is 17.2. The molecule has 1 saturated carbocycles. The second kappa shape index (κ2) is 6.80. The fraction of sp³-hybridized carbons (Fsp3) is 0.476. The minimum Gasteiger partial charge on any atom is -0.481 e. The topological polar surface area (TPSA) is 66.3 Å². The molecule has 4 rings (SSSR count). The standard InChI is InChI=1S/C21H25N3O2/c1-15-19(23-10-9-22-15)13-24-12-18-11-17(16-5-3-2-4-6-16)7-8-21(18,14-24)20(25)26/h2-6,9-10,17-18H,7-8,11-14H2,1H3,(H,25,26)/t17-,18-,21-/m1/s1. The largest absolute Gasteiger partial charge is 0.481 e. The van der Waals surface area contributed by atoms with E-state index in [-0.39, 0.29) is 5.92 Å². The molecule has 0 radical (unpaired) electrons. The van der Waals surface area contributed by atoms with Crippen LogP contribution in [-0.2, 0) is 11.3 Å². The maximum Gasteiger partial charge on any atom is 0.311 e. The third-order valence-electron chi connectivity index (χ3n) is 6.33. The second-order valence-electron chi connectivity index (χ2n) is 7.80. The third-order valence-corrected chi connectivity index (χ3v) is 6.33. The van der Waals surface area contributed by atoms with Gasteiger partial charge in [0.05, 0.1) is 16.8 Å².